The Balaban J connectivity index is 1.91. The normalized spacial score (nSPS) is 10.8. The number of nitrogen functional groups attached to an aromatic ring is 1. The lowest BCUT2D eigenvalue weighted by molar-refractivity contribution is 0.103. The third-order valence-corrected chi connectivity index (χ3v) is 4.63. The summed E-state index contributed by atoms with van der Waals surface area (Å²) < 4.78 is 1.11. The zero-order valence-electron chi connectivity index (χ0n) is 11.9. The van der Waals surface area contributed by atoms with Gasteiger partial charge in [-0.25, -0.2) is 0 Å². The van der Waals surface area contributed by atoms with Crippen LogP contribution in [0, 0.1) is 13.8 Å². The number of rotatable bonds is 2. The van der Waals surface area contributed by atoms with Crippen molar-refractivity contribution in [3.63, 3.8) is 0 Å². The van der Waals surface area contributed by atoms with Gasteiger partial charge in [0.1, 0.15) is 0 Å². The fourth-order valence-corrected chi connectivity index (χ4v) is 3.24. The molecule has 0 saturated heterocycles. The number of hydrogen-bond acceptors (Lipinski definition) is 3. The molecule has 1 amide bonds. The van der Waals surface area contributed by atoms with Gasteiger partial charge in [-0.1, -0.05) is 24.3 Å². The van der Waals surface area contributed by atoms with Gasteiger partial charge in [0, 0.05) is 16.1 Å². The van der Waals surface area contributed by atoms with E-state index in [1.165, 1.54) is 11.3 Å². The van der Waals surface area contributed by atoms with Crippen LogP contribution in [0.3, 0.4) is 0 Å². The van der Waals surface area contributed by atoms with Gasteiger partial charge in [0.15, 0.2) is 0 Å². The van der Waals surface area contributed by atoms with Gasteiger partial charge in [-0.05, 0) is 48.6 Å². The SMILES string of the molecule is Cc1cc(C)c(NC(=O)c2cc3ccccc3s2)cc1N. The highest BCUT2D eigenvalue weighted by Crippen LogP contribution is 2.27. The highest BCUT2D eigenvalue weighted by molar-refractivity contribution is 7.20. The number of carbonyl (C=O) groups is 1. The molecule has 4 heteroatoms. The maximum absolute atomic E-state index is 12.4. The van der Waals surface area contributed by atoms with Crippen LogP contribution in [0.5, 0.6) is 0 Å². The molecule has 3 N–H and O–H groups in total. The van der Waals surface area contributed by atoms with E-state index in [9.17, 15) is 4.79 Å². The summed E-state index contributed by atoms with van der Waals surface area (Å²) in [5.41, 5.74) is 9.40. The van der Waals surface area contributed by atoms with E-state index in [-0.39, 0.29) is 5.91 Å². The maximum atomic E-state index is 12.4. The quantitative estimate of drug-likeness (QED) is 0.691. The Morgan fingerprint density at radius 1 is 1.10 bits per heavy atom. The molecule has 0 atom stereocenters. The van der Waals surface area contributed by atoms with Crippen molar-refractivity contribution < 1.29 is 4.79 Å². The zero-order valence-corrected chi connectivity index (χ0v) is 12.8. The Labute approximate surface area is 127 Å². The molecule has 0 aliphatic carbocycles. The minimum absolute atomic E-state index is 0.0949. The maximum Gasteiger partial charge on any atom is 0.265 e. The van der Waals surface area contributed by atoms with Crippen molar-refractivity contribution in [2.45, 2.75) is 13.8 Å². The first kappa shape index (κ1) is 13.6. The highest BCUT2D eigenvalue weighted by atomic mass is 32.1. The average molecular weight is 296 g/mol. The molecule has 0 aliphatic heterocycles. The van der Waals surface area contributed by atoms with E-state index < -0.39 is 0 Å². The lowest BCUT2D eigenvalue weighted by Gasteiger charge is -2.10. The van der Waals surface area contributed by atoms with Crippen LogP contribution in [0.1, 0.15) is 20.8 Å². The highest BCUT2D eigenvalue weighted by Gasteiger charge is 2.12. The van der Waals surface area contributed by atoms with Gasteiger partial charge in [-0.2, -0.15) is 0 Å². The smallest absolute Gasteiger partial charge is 0.265 e. The van der Waals surface area contributed by atoms with Crippen LogP contribution >= 0.6 is 11.3 Å². The molecule has 0 spiro atoms. The van der Waals surface area contributed by atoms with Gasteiger partial charge in [0.25, 0.3) is 5.91 Å². The standard InChI is InChI=1S/C17H16N2OS/c1-10-7-11(2)14(9-13(10)18)19-17(20)16-8-12-5-3-4-6-15(12)21-16/h3-9H,18H2,1-2H3,(H,19,20). The molecule has 0 fully saturated rings. The fraction of sp³-hybridized carbons (Fsp3) is 0.118. The van der Waals surface area contributed by atoms with E-state index in [2.05, 4.69) is 5.32 Å². The molecular weight excluding hydrogens is 280 g/mol. The van der Waals surface area contributed by atoms with E-state index in [1.807, 2.05) is 56.3 Å². The summed E-state index contributed by atoms with van der Waals surface area (Å²) in [5.74, 6) is -0.0949. The largest absolute Gasteiger partial charge is 0.398 e. The topological polar surface area (TPSA) is 55.1 Å². The van der Waals surface area contributed by atoms with Gasteiger partial charge in [-0.3, -0.25) is 4.79 Å². The van der Waals surface area contributed by atoms with Crippen LogP contribution in [0.15, 0.2) is 42.5 Å². The number of anilines is 2. The molecule has 3 aromatic rings. The van der Waals surface area contributed by atoms with E-state index in [4.69, 9.17) is 5.73 Å². The van der Waals surface area contributed by atoms with Gasteiger partial charge >= 0.3 is 0 Å². The van der Waals surface area contributed by atoms with Crippen LogP contribution in [-0.4, -0.2) is 5.91 Å². The van der Waals surface area contributed by atoms with Gasteiger partial charge in [0.05, 0.1) is 4.88 Å². The second kappa shape index (κ2) is 5.22. The number of aryl methyl sites for hydroxylation is 2. The van der Waals surface area contributed by atoms with Crippen molar-refractivity contribution >= 4 is 38.7 Å². The molecule has 3 nitrogen and oxygen atoms in total. The summed E-state index contributed by atoms with van der Waals surface area (Å²) in [6.45, 7) is 3.92. The summed E-state index contributed by atoms with van der Waals surface area (Å²) >= 11 is 1.49. The second-order valence-electron chi connectivity index (χ2n) is 5.13. The number of amides is 1. The Morgan fingerprint density at radius 2 is 1.86 bits per heavy atom. The van der Waals surface area contributed by atoms with Crippen LogP contribution in [0.4, 0.5) is 11.4 Å². The van der Waals surface area contributed by atoms with Crippen molar-refractivity contribution in [1.82, 2.24) is 0 Å². The molecule has 0 saturated carbocycles. The number of nitrogens with one attached hydrogen (secondary N) is 1. The fourth-order valence-electron chi connectivity index (χ4n) is 2.28. The number of carbonyl (C=O) groups excluding carboxylic acids is 1. The van der Waals surface area contributed by atoms with Crippen molar-refractivity contribution in [2.24, 2.45) is 0 Å². The molecule has 3 rings (SSSR count). The number of thiophene rings is 1. The first-order valence-electron chi connectivity index (χ1n) is 6.71. The molecule has 106 valence electrons. The minimum atomic E-state index is -0.0949. The molecule has 2 aromatic carbocycles. The summed E-state index contributed by atoms with van der Waals surface area (Å²) in [6.07, 6.45) is 0. The van der Waals surface area contributed by atoms with Gasteiger partial charge in [0.2, 0.25) is 0 Å². The van der Waals surface area contributed by atoms with Crippen LogP contribution in [0.2, 0.25) is 0 Å². The van der Waals surface area contributed by atoms with Crippen LogP contribution in [-0.2, 0) is 0 Å². The minimum Gasteiger partial charge on any atom is -0.398 e. The number of benzene rings is 2. The predicted molar refractivity (Wildman–Crippen MR) is 90.1 cm³/mol. The van der Waals surface area contributed by atoms with E-state index in [1.54, 1.807) is 0 Å². The van der Waals surface area contributed by atoms with Crippen molar-refractivity contribution in [3.8, 4) is 0 Å². The van der Waals surface area contributed by atoms with E-state index >= 15 is 0 Å². The first-order chi connectivity index (χ1) is 10.0. The Kier molecular flexibility index (Phi) is 3.39. The number of fused-ring (bicyclic) bond motifs is 1. The molecule has 1 aromatic heterocycles. The zero-order chi connectivity index (χ0) is 15.0. The molecule has 1 heterocycles. The average Bonchev–Trinajstić information content (AvgIpc) is 2.88. The van der Waals surface area contributed by atoms with E-state index in [0.29, 0.717) is 10.6 Å². The third kappa shape index (κ3) is 2.62. The molecule has 0 aliphatic rings. The molecule has 21 heavy (non-hydrogen) atoms. The monoisotopic (exact) mass is 296 g/mol. The molecular formula is C17H16N2OS. The van der Waals surface area contributed by atoms with Crippen LogP contribution < -0.4 is 11.1 Å². The third-order valence-electron chi connectivity index (χ3n) is 3.51. The Hall–Kier alpha value is -2.33. The van der Waals surface area contributed by atoms with Crippen LogP contribution in [0.25, 0.3) is 10.1 Å². The lowest BCUT2D eigenvalue weighted by Crippen LogP contribution is -2.11. The number of nitrogens with two attached hydrogens (primary N) is 1. The summed E-state index contributed by atoms with van der Waals surface area (Å²) in [7, 11) is 0. The summed E-state index contributed by atoms with van der Waals surface area (Å²) in [5, 5.41) is 4.04. The van der Waals surface area contributed by atoms with Gasteiger partial charge < -0.3 is 11.1 Å². The van der Waals surface area contributed by atoms with Crippen molar-refractivity contribution in [1.29, 1.82) is 0 Å². The van der Waals surface area contributed by atoms with Crippen molar-refractivity contribution in [2.75, 3.05) is 11.1 Å². The molecule has 0 unspecified atom stereocenters. The summed E-state index contributed by atoms with van der Waals surface area (Å²) in [6, 6.07) is 13.7. The Bertz CT molecular complexity index is 803. The lowest BCUT2D eigenvalue weighted by atomic mass is 10.1. The Morgan fingerprint density at radius 3 is 2.62 bits per heavy atom. The predicted octanol–water partition coefficient (Wildman–Crippen LogP) is 4.35. The van der Waals surface area contributed by atoms with E-state index in [0.717, 1.165) is 26.9 Å². The molecule has 0 bridgehead atoms. The second-order valence-corrected chi connectivity index (χ2v) is 6.21. The van der Waals surface area contributed by atoms with Gasteiger partial charge in [-0.15, -0.1) is 11.3 Å². The first-order valence-corrected chi connectivity index (χ1v) is 7.53. The number of hydrogen-bond donors (Lipinski definition) is 2. The van der Waals surface area contributed by atoms with Crippen molar-refractivity contribution in [3.05, 3.63) is 58.5 Å². The summed E-state index contributed by atoms with van der Waals surface area (Å²) in [4.78, 5) is 13.1. The molecule has 0 radical (unpaired) electrons.